The zero-order chi connectivity index (χ0) is 14.4. The number of hydrogen-bond acceptors (Lipinski definition) is 3. The topological polar surface area (TPSA) is 55.5 Å². The highest BCUT2D eigenvalue weighted by Crippen LogP contribution is 2.22. The van der Waals surface area contributed by atoms with Crippen molar-refractivity contribution in [1.82, 2.24) is 0 Å². The van der Waals surface area contributed by atoms with E-state index >= 15 is 0 Å². The van der Waals surface area contributed by atoms with E-state index in [0.717, 1.165) is 12.0 Å². The number of para-hydroxylation sites is 1. The molecule has 2 aromatic carbocycles. The van der Waals surface area contributed by atoms with Crippen LogP contribution in [0.5, 0.6) is 0 Å². The van der Waals surface area contributed by atoms with Crippen molar-refractivity contribution in [2.75, 3.05) is 0 Å². The lowest BCUT2D eigenvalue weighted by molar-refractivity contribution is -0.385. The van der Waals surface area contributed by atoms with Crippen LogP contribution in [0.2, 0.25) is 0 Å². The third kappa shape index (κ3) is 3.29. The Morgan fingerprint density at radius 1 is 1.15 bits per heavy atom. The monoisotopic (exact) mass is 268 g/mol. The smallest absolute Gasteiger partial charge is 0.278 e. The third-order valence-corrected chi connectivity index (χ3v) is 3.10. The molecular formula is C16H16N2O2. The number of nitro benzene ring substituents is 1. The molecule has 0 N–H and O–H groups in total. The Labute approximate surface area is 117 Å². The maximum Gasteiger partial charge on any atom is 0.278 e. The molecule has 4 nitrogen and oxygen atoms in total. The van der Waals surface area contributed by atoms with Crippen LogP contribution in [-0.4, -0.2) is 11.1 Å². The summed E-state index contributed by atoms with van der Waals surface area (Å²) in [5, 5.41) is 10.9. The van der Waals surface area contributed by atoms with Crippen molar-refractivity contribution in [2.45, 2.75) is 19.4 Å². The van der Waals surface area contributed by atoms with E-state index in [1.165, 1.54) is 6.07 Å². The van der Waals surface area contributed by atoms with Gasteiger partial charge in [-0.25, -0.2) is 0 Å². The van der Waals surface area contributed by atoms with Crippen LogP contribution in [0.1, 0.15) is 30.5 Å². The van der Waals surface area contributed by atoms with Gasteiger partial charge >= 0.3 is 0 Å². The van der Waals surface area contributed by atoms with Gasteiger partial charge in [-0.1, -0.05) is 49.4 Å². The van der Waals surface area contributed by atoms with Crippen LogP contribution >= 0.6 is 0 Å². The molecule has 0 aliphatic carbocycles. The van der Waals surface area contributed by atoms with Crippen LogP contribution in [0.25, 0.3) is 0 Å². The fraction of sp³-hybridized carbons (Fsp3) is 0.188. The first-order valence-electron chi connectivity index (χ1n) is 6.54. The molecular weight excluding hydrogens is 252 g/mol. The predicted octanol–water partition coefficient (Wildman–Crippen LogP) is 4.17. The van der Waals surface area contributed by atoms with Crippen LogP contribution in [0.4, 0.5) is 5.69 Å². The van der Waals surface area contributed by atoms with E-state index in [9.17, 15) is 10.1 Å². The lowest BCUT2D eigenvalue weighted by Crippen LogP contribution is -1.97. The van der Waals surface area contributed by atoms with Crippen LogP contribution in [0, 0.1) is 10.1 Å². The first-order chi connectivity index (χ1) is 9.72. The standard InChI is InChI=1S/C16H16N2O2/c1-2-15(13-8-4-3-5-9-13)17-12-14-10-6-7-11-16(14)18(19)20/h3-12,15H,2H2,1H3/t15-/m0/s1. The second-order valence-corrected chi connectivity index (χ2v) is 4.43. The summed E-state index contributed by atoms with van der Waals surface area (Å²) in [4.78, 5) is 15.1. The molecule has 2 rings (SSSR count). The zero-order valence-electron chi connectivity index (χ0n) is 11.3. The lowest BCUT2D eigenvalue weighted by atomic mass is 10.1. The molecule has 102 valence electrons. The molecule has 1 atom stereocenters. The molecule has 20 heavy (non-hydrogen) atoms. The second kappa shape index (κ2) is 6.61. The highest BCUT2D eigenvalue weighted by atomic mass is 16.6. The molecule has 0 fully saturated rings. The van der Waals surface area contributed by atoms with Gasteiger partial charge in [0.15, 0.2) is 0 Å². The van der Waals surface area contributed by atoms with E-state index in [4.69, 9.17) is 0 Å². The van der Waals surface area contributed by atoms with Crippen molar-refractivity contribution in [1.29, 1.82) is 0 Å². The molecule has 4 heteroatoms. The summed E-state index contributed by atoms with van der Waals surface area (Å²) in [6.45, 7) is 2.05. The molecule has 0 heterocycles. The fourth-order valence-corrected chi connectivity index (χ4v) is 2.04. The van der Waals surface area contributed by atoms with E-state index in [2.05, 4.69) is 11.9 Å². The van der Waals surface area contributed by atoms with Gasteiger partial charge in [-0.3, -0.25) is 15.1 Å². The lowest BCUT2D eigenvalue weighted by Gasteiger charge is -2.09. The number of rotatable bonds is 5. The normalized spacial score (nSPS) is 12.4. The van der Waals surface area contributed by atoms with Crippen LogP contribution in [-0.2, 0) is 0 Å². The van der Waals surface area contributed by atoms with Crippen molar-refractivity contribution in [3.8, 4) is 0 Å². The molecule has 0 saturated carbocycles. The van der Waals surface area contributed by atoms with Gasteiger partial charge in [0.05, 0.1) is 16.5 Å². The van der Waals surface area contributed by atoms with E-state index < -0.39 is 0 Å². The molecule has 0 saturated heterocycles. The van der Waals surface area contributed by atoms with E-state index in [-0.39, 0.29) is 16.7 Å². The number of hydrogen-bond donors (Lipinski definition) is 0. The molecule has 0 unspecified atom stereocenters. The van der Waals surface area contributed by atoms with Gasteiger partial charge in [-0.2, -0.15) is 0 Å². The van der Waals surface area contributed by atoms with Gasteiger partial charge in [-0.15, -0.1) is 0 Å². The average molecular weight is 268 g/mol. The molecule has 0 aliphatic rings. The summed E-state index contributed by atoms with van der Waals surface area (Å²) in [7, 11) is 0. The minimum Gasteiger partial charge on any atom is -0.284 e. The molecule has 0 spiro atoms. The summed E-state index contributed by atoms with van der Waals surface area (Å²) in [5.41, 5.74) is 1.73. The fourth-order valence-electron chi connectivity index (χ4n) is 2.04. The van der Waals surface area contributed by atoms with Crippen molar-refractivity contribution < 1.29 is 4.92 Å². The number of nitrogens with zero attached hydrogens (tertiary/aromatic N) is 2. The molecule has 2 aromatic rings. The Morgan fingerprint density at radius 2 is 1.80 bits per heavy atom. The van der Waals surface area contributed by atoms with E-state index in [0.29, 0.717) is 5.56 Å². The molecule has 0 aromatic heterocycles. The molecule has 0 aliphatic heterocycles. The van der Waals surface area contributed by atoms with Gasteiger partial charge in [0.1, 0.15) is 0 Å². The highest BCUT2D eigenvalue weighted by Gasteiger charge is 2.11. The summed E-state index contributed by atoms with van der Waals surface area (Å²) < 4.78 is 0. The first-order valence-corrected chi connectivity index (χ1v) is 6.54. The quantitative estimate of drug-likeness (QED) is 0.464. The molecule has 0 bridgehead atoms. The van der Waals surface area contributed by atoms with Gasteiger partial charge < -0.3 is 0 Å². The minimum absolute atomic E-state index is 0.0241. The van der Waals surface area contributed by atoms with E-state index in [1.54, 1.807) is 24.4 Å². The Balaban J connectivity index is 2.26. The Morgan fingerprint density at radius 3 is 2.45 bits per heavy atom. The number of benzene rings is 2. The average Bonchev–Trinajstić information content (AvgIpc) is 2.49. The van der Waals surface area contributed by atoms with Crippen molar-refractivity contribution in [3.63, 3.8) is 0 Å². The second-order valence-electron chi connectivity index (χ2n) is 4.43. The summed E-state index contributed by atoms with van der Waals surface area (Å²) in [6, 6.07) is 16.6. The van der Waals surface area contributed by atoms with Gasteiger partial charge in [0, 0.05) is 12.3 Å². The third-order valence-electron chi connectivity index (χ3n) is 3.10. The predicted molar refractivity (Wildman–Crippen MR) is 80.2 cm³/mol. The number of aliphatic imine (C=N–C) groups is 1. The molecule has 0 amide bonds. The van der Waals surface area contributed by atoms with Crippen LogP contribution < -0.4 is 0 Å². The zero-order valence-corrected chi connectivity index (χ0v) is 11.3. The summed E-state index contributed by atoms with van der Waals surface area (Å²) in [6.07, 6.45) is 2.44. The minimum atomic E-state index is -0.384. The Bertz CT molecular complexity index is 609. The Hall–Kier alpha value is -2.49. The van der Waals surface area contributed by atoms with Gasteiger partial charge in [-0.05, 0) is 18.1 Å². The van der Waals surface area contributed by atoms with Crippen LogP contribution in [0.15, 0.2) is 59.6 Å². The van der Waals surface area contributed by atoms with Crippen molar-refractivity contribution in [3.05, 3.63) is 75.8 Å². The highest BCUT2D eigenvalue weighted by molar-refractivity contribution is 5.85. The largest absolute Gasteiger partial charge is 0.284 e. The Kier molecular flexibility index (Phi) is 4.60. The molecule has 0 radical (unpaired) electrons. The van der Waals surface area contributed by atoms with Gasteiger partial charge in [0.2, 0.25) is 0 Å². The van der Waals surface area contributed by atoms with Crippen LogP contribution in [0.3, 0.4) is 0 Å². The SMILES string of the molecule is CC[C@H](N=Cc1ccccc1[N+](=O)[O-])c1ccccc1. The van der Waals surface area contributed by atoms with Crippen molar-refractivity contribution >= 4 is 11.9 Å². The maximum absolute atomic E-state index is 10.9. The first kappa shape index (κ1) is 13.9. The van der Waals surface area contributed by atoms with Crippen molar-refractivity contribution in [2.24, 2.45) is 4.99 Å². The maximum atomic E-state index is 10.9. The number of nitro groups is 1. The van der Waals surface area contributed by atoms with E-state index in [1.807, 2.05) is 30.3 Å². The summed E-state index contributed by atoms with van der Waals surface area (Å²) in [5.74, 6) is 0. The van der Waals surface area contributed by atoms with Gasteiger partial charge in [0.25, 0.3) is 5.69 Å². The summed E-state index contributed by atoms with van der Waals surface area (Å²) >= 11 is 0.